The highest BCUT2D eigenvalue weighted by Gasteiger charge is 2.38. The molecule has 186 valence electrons. The normalized spacial score (nSPS) is 41.9. The molecule has 4 rings (SSSR count). The molecule has 0 spiro atoms. The van der Waals surface area contributed by atoms with E-state index in [0.29, 0.717) is 30.3 Å². The van der Waals surface area contributed by atoms with Crippen LogP contribution in [0.1, 0.15) is 110 Å². The van der Waals surface area contributed by atoms with Crippen LogP contribution in [0.4, 0.5) is 0 Å². The summed E-state index contributed by atoms with van der Waals surface area (Å²) in [5.74, 6) is 0.691. The third-order valence-corrected chi connectivity index (χ3v) is 11.7. The Kier molecular flexibility index (Phi) is 8.97. The summed E-state index contributed by atoms with van der Waals surface area (Å²) in [6.45, 7) is 2.25. The summed E-state index contributed by atoms with van der Waals surface area (Å²) in [5, 5.41) is -0.209. The summed E-state index contributed by atoms with van der Waals surface area (Å²) in [5.41, 5.74) is 0. The van der Waals surface area contributed by atoms with Gasteiger partial charge in [-0.25, -0.2) is 8.42 Å². The van der Waals surface area contributed by atoms with Crippen molar-refractivity contribution in [2.45, 2.75) is 151 Å². The number of hydrogen-bond donors (Lipinski definition) is 0. The quantitative estimate of drug-likeness (QED) is 0.485. The highest BCUT2D eigenvalue weighted by atomic mass is 32.2. The Bertz CT molecular complexity index is 648. The van der Waals surface area contributed by atoms with Crippen LogP contribution >= 0.6 is 0 Å². The van der Waals surface area contributed by atoms with Gasteiger partial charge < -0.3 is 14.2 Å². The molecule has 0 heterocycles. The van der Waals surface area contributed by atoms with Crippen LogP contribution in [0, 0.1) is 5.92 Å². The molecule has 4 saturated carbocycles. The average molecular weight is 471 g/mol. The topological polar surface area (TPSA) is 61.8 Å². The summed E-state index contributed by atoms with van der Waals surface area (Å²) in [7, 11) is -1.16. The summed E-state index contributed by atoms with van der Waals surface area (Å²) in [4.78, 5) is 0. The van der Waals surface area contributed by atoms with Gasteiger partial charge in [-0.05, 0) is 109 Å². The molecule has 6 heteroatoms. The minimum atomic E-state index is -2.97. The largest absolute Gasteiger partial charge is 0.381 e. The van der Waals surface area contributed by atoms with Gasteiger partial charge in [0.15, 0.2) is 9.84 Å². The second-order valence-electron chi connectivity index (χ2n) is 11.2. The zero-order chi connectivity index (χ0) is 22.6. The molecule has 32 heavy (non-hydrogen) atoms. The lowest BCUT2D eigenvalue weighted by Gasteiger charge is -2.37. The van der Waals surface area contributed by atoms with Crippen molar-refractivity contribution in [1.29, 1.82) is 0 Å². The summed E-state index contributed by atoms with van der Waals surface area (Å²) >= 11 is 0. The Morgan fingerprint density at radius 2 is 0.812 bits per heavy atom. The Labute approximate surface area is 196 Å². The highest BCUT2D eigenvalue weighted by molar-refractivity contribution is 7.92. The van der Waals surface area contributed by atoms with Crippen LogP contribution < -0.4 is 0 Å². The molecule has 4 aliphatic carbocycles. The first-order valence-electron chi connectivity index (χ1n) is 13.5. The SMILES string of the molecule is COC1CCC(OC2CCC(OC3CCC(S(=O)(=O)C4CCC(C)CC4)CC3)CC2)CC1. The van der Waals surface area contributed by atoms with Crippen LogP contribution in [-0.4, -0.2) is 56.5 Å². The van der Waals surface area contributed by atoms with Crippen molar-refractivity contribution in [3.05, 3.63) is 0 Å². The van der Waals surface area contributed by atoms with Crippen LogP contribution in [0.5, 0.6) is 0 Å². The van der Waals surface area contributed by atoms with Crippen molar-refractivity contribution in [1.82, 2.24) is 0 Å². The van der Waals surface area contributed by atoms with Crippen molar-refractivity contribution in [3.63, 3.8) is 0 Å². The van der Waals surface area contributed by atoms with Crippen LogP contribution in [-0.2, 0) is 24.0 Å². The fourth-order valence-corrected chi connectivity index (χ4v) is 8.98. The number of rotatable bonds is 7. The molecular formula is C26H46O5S. The first kappa shape index (κ1) is 24.9. The maximum Gasteiger partial charge on any atom is 0.156 e. The molecule has 0 N–H and O–H groups in total. The van der Waals surface area contributed by atoms with E-state index in [2.05, 4.69) is 6.92 Å². The van der Waals surface area contributed by atoms with E-state index in [-0.39, 0.29) is 16.6 Å². The predicted molar refractivity (Wildman–Crippen MR) is 128 cm³/mol. The van der Waals surface area contributed by atoms with Crippen molar-refractivity contribution < 1.29 is 22.6 Å². The van der Waals surface area contributed by atoms with Crippen LogP contribution in [0.15, 0.2) is 0 Å². The van der Waals surface area contributed by atoms with Crippen molar-refractivity contribution in [2.75, 3.05) is 7.11 Å². The minimum Gasteiger partial charge on any atom is -0.381 e. The zero-order valence-electron chi connectivity index (χ0n) is 20.4. The molecule has 0 bridgehead atoms. The van der Waals surface area contributed by atoms with E-state index in [1.807, 2.05) is 7.11 Å². The molecule has 0 amide bonds. The maximum atomic E-state index is 13.1. The molecule has 0 aromatic rings. The van der Waals surface area contributed by atoms with Gasteiger partial charge in [0.2, 0.25) is 0 Å². The zero-order valence-corrected chi connectivity index (χ0v) is 21.2. The molecule has 4 fully saturated rings. The smallest absolute Gasteiger partial charge is 0.156 e. The molecular weight excluding hydrogens is 424 g/mol. The van der Waals surface area contributed by atoms with Crippen molar-refractivity contribution in [3.8, 4) is 0 Å². The van der Waals surface area contributed by atoms with Crippen LogP contribution in [0.2, 0.25) is 0 Å². The average Bonchev–Trinajstić information content (AvgIpc) is 2.81. The second-order valence-corrected chi connectivity index (χ2v) is 13.7. The first-order chi connectivity index (χ1) is 15.4. The van der Waals surface area contributed by atoms with E-state index < -0.39 is 9.84 Å². The third-order valence-electron chi connectivity index (χ3n) is 8.86. The molecule has 0 atom stereocenters. The van der Waals surface area contributed by atoms with Gasteiger partial charge in [0.1, 0.15) is 0 Å². The van der Waals surface area contributed by atoms with E-state index in [1.165, 1.54) is 0 Å². The number of methoxy groups -OCH3 is 1. The lowest BCUT2D eigenvalue weighted by Crippen LogP contribution is -2.39. The summed E-state index contributed by atoms with van der Waals surface area (Å²) in [6.07, 6.45) is 18.0. The molecule has 5 nitrogen and oxygen atoms in total. The van der Waals surface area contributed by atoms with Crippen molar-refractivity contribution in [2.24, 2.45) is 5.92 Å². The van der Waals surface area contributed by atoms with E-state index in [1.54, 1.807) is 0 Å². The van der Waals surface area contributed by atoms with Crippen molar-refractivity contribution >= 4 is 9.84 Å². The lowest BCUT2D eigenvalue weighted by atomic mass is 9.90. The molecule has 0 aliphatic heterocycles. The number of sulfone groups is 1. The van der Waals surface area contributed by atoms with Crippen LogP contribution in [0.3, 0.4) is 0 Å². The van der Waals surface area contributed by atoms with Gasteiger partial charge in [0.25, 0.3) is 0 Å². The molecule has 0 radical (unpaired) electrons. The Hall–Kier alpha value is -0.170. The maximum absolute atomic E-state index is 13.1. The Morgan fingerprint density at radius 1 is 0.500 bits per heavy atom. The van der Waals surface area contributed by atoms with Gasteiger partial charge >= 0.3 is 0 Å². The predicted octanol–water partition coefficient (Wildman–Crippen LogP) is 5.59. The molecule has 4 aliphatic rings. The van der Waals surface area contributed by atoms with E-state index in [4.69, 9.17) is 14.2 Å². The van der Waals surface area contributed by atoms with E-state index in [9.17, 15) is 8.42 Å². The molecule has 0 unspecified atom stereocenters. The highest BCUT2D eigenvalue weighted by Crippen LogP contribution is 2.36. The standard InChI is InChI=1S/C26H46O5S/c1-19-3-15-25(16-4-19)32(27,28)26-17-13-24(14-18-26)31-23-11-9-22(10-12-23)30-21-7-5-20(29-2)6-8-21/h19-26H,3-18H2,1-2H3. The number of ether oxygens (including phenoxy) is 3. The summed E-state index contributed by atoms with van der Waals surface area (Å²) in [6, 6.07) is 0. The molecule has 0 aromatic carbocycles. The lowest BCUT2D eigenvalue weighted by molar-refractivity contribution is -0.0987. The van der Waals surface area contributed by atoms with Gasteiger partial charge in [0.05, 0.1) is 41.0 Å². The van der Waals surface area contributed by atoms with Gasteiger partial charge in [-0.2, -0.15) is 0 Å². The van der Waals surface area contributed by atoms with Crippen LogP contribution in [0.25, 0.3) is 0 Å². The van der Waals surface area contributed by atoms with Gasteiger partial charge in [-0.15, -0.1) is 0 Å². The number of hydrogen-bond acceptors (Lipinski definition) is 5. The summed E-state index contributed by atoms with van der Waals surface area (Å²) < 4.78 is 44.6. The fourth-order valence-electron chi connectivity index (χ4n) is 6.58. The Balaban J connectivity index is 1.13. The second kappa shape index (κ2) is 11.5. The van der Waals surface area contributed by atoms with Gasteiger partial charge in [0, 0.05) is 7.11 Å². The molecule has 0 saturated heterocycles. The third kappa shape index (κ3) is 6.49. The molecule has 0 aromatic heterocycles. The van der Waals surface area contributed by atoms with E-state index in [0.717, 1.165) is 103 Å². The van der Waals surface area contributed by atoms with Gasteiger partial charge in [-0.1, -0.05) is 6.92 Å². The Morgan fingerprint density at radius 3 is 1.19 bits per heavy atom. The van der Waals surface area contributed by atoms with E-state index >= 15 is 0 Å². The fraction of sp³-hybridized carbons (Fsp3) is 1.00. The first-order valence-corrected chi connectivity index (χ1v) is 15.1. The monoisotopic (exact) mass is 470 g/mol. The van der Waals surface area contributed by atoms with Gasteiger partial charge in [-0.3, -0.25) is 0 Å². The minimum absolute atomic E-state index is 0.0824.